The SMILES string of the molecule is COc1cc([C@H]2C(C(=O)c3cccs3)=C(O)C(=O)N2Cc2ccccc2)ccc1OCc1ccccc1. The van der Waals surface area contributed by atoms with Crippen molar-refractivity contribution in [2.45, 2.75) is 19.2 Å². The fraction of sp³-hybridized carbons (Fsp3) is 0.133. The predicted molar refractivity (Wildman–Crippen MR) is 142 cm³/mol. The van der Waals surface area contributed by atoms with Crippen molar-refractivity contribution >= 4 is 23.0 Å². The second kappa shape index (κ2) is 10.7. The molecule has 0 saturated carbocycles. The summed E-state index contributed by atoms with van der Waals surface area (Å²) in [7, 11) is 1.54. The quantitative estimate of drug-likeness (QED) is 0.274. The molecule has 1 aliphatic heterocycles. The highest BCUT2D eigenvalue weighted by Gasteiger charge is 2.44. The Bertz CT molecular complexity index is 1430. The average Bonchev–Trinajstić information content (AvgIpc) is 3.56. The molecule has 0 spiro atoms. The van der Waals surface area contributed by atoms with Gasteiger partial charge in [-0.25, -0.2) is 0 Å². The summed E-state index contributed by atoms with van der Waals surface area (Å²) in [6, 6.07) is 27.3. The topological polar surface area (TPSA) is 76.1 Å². The molecular weight excluding hydrogens is 486 g/mol. The van der Waals surface area contributed by atoms with Gasteiger partial charge in [0.25, 0.3) is 5.91 Å². The Morgan fingerprint density at radius 1 is 0.919 bits per heavy atom. The van der Waals surface area contributed by atoms with E-state index in [1.165, 1.54) is 16.2 Å². The molecule has 4 aromatic rings. The molecule has 1 aliphatic rings. The van der Waals surface area contributed by atoms with Gasteiger partial charge in [-0.2, -0.15) is 0 Å². The van der Waals surface area contributed by atoms with E-state index in [0.717, 1.165) is 11.1 Å². The molecule has 37 heavy (non-hydrogen) atoms. The molecule has 0 radical (unpaired) electrons. The van der Waals surface area contributed by atoms with Crippen LogP contribution in [0.2, 0.25) is 0 Å². The number of aliphatic hydroxyl groups is 1. The molecule has 3 aromatic carbocycles. The van der Waals surface area contributed by atoms with Gasteiger partial charge in [-0.1, -0.05) is 72.8 Å². The van der Waals surface area contributed by atoms with Crippen LogP contribution in [-0.2, 0) is 17.9 Å². The van der Waals surface area contributed by atoms with Gasteiger partial charge in [0, 0.05) is 6.54 Å². The van der Waals surface area contributed by atoms with Crippen molar-refractivity contribution in [2.75, 3.05) is 7.11 Å². The van der Waals surface area contributed by atoms with Crippen LogP contribution in [0, 0.1) is 0 Å². The molecule has 1 N–H and O–H groups in total. The second-order valence-corrected chi connectivity index (χ2v) is 9.52. The average molecular weight is 512 g/mol. The Morgan fingerprint density at radius 2 is 1.62 bits per heavy atom. The maximum Gasteiger partial charge on any atom is 0.290 e. The van der Waals surface area contributed by atoms with E-state index in [0.29, 0.717) is 28.5 Å². The first-order valence-corrected chi connectivity index (χ1v) is 12.7. The third-order valence-electron chi connectivity index (χ3n) is 6.23. The maximum atomic E-state index is 13.5. The lowest BCUT2D eigenvalue weighted by Crippen LogP contribution is -2.30. The number of benzene rings is 3. The van der Waals surface area contributed by atoms with Crippen molar-refractivity contribution in [1.82, 2.24) is 4.90 Å². The Morgan fingerprint density at radius 3 is 2.27 bits per heavy atom. The molecule has 7 heteroatoms. The minimum absolute atomic E-state index is 0.0587. The fourth-order valence-corrected chi connectivity index (χ4v) is 5.10. The zero-order valence-electron chi connectivity index (χ0n) is 20.2. The largest absolute Gasteiger partial charge is 0.503 e. The number of methoxy groups -OCH3 is 1. The van der Waals surface area contributed by atoms with E-state index < -0.39 is 17.7 Å². The molecule has 2 heterocycles. The zero-order chi connectivity index (χ0) is 25.8. The van der Waals surface area contributed by atoms with Crippen LogP contribution in [0.15, 0.2) is 108 Å². The van der Waals surface area contributed by atoms with Crippen LogP contribution in [0.5, 0.6) is 11.5 Å². The van der Waals surface area contributed by atoms with Crippen molar-refractivity contribution in [2.24, 2.45) is 0 Å². The van der Waals surface area contributed by atoms with Gasteiger partial charge in [-0.3, -0.25) is 9.59 Å². The number of hydrogen-bond donors (Lipinski definition) is 1. The number of carbonyl (C=O) groups excluding carboxylic acids is 2. The van der Waals surface area contributed by atoms with Crippen LogP contribution < -0.4 is 9.47 Å². The van der Waals surface area contributed by atoms with Crippen molar-refractivity contribution in [1.29, 1.82) is 0 Å². The monoisotopic (exact) mass is 511 g/mol. The Balaban J connectivity index is 1.52. The molecule has 186 valence electrons. The van der Waals surface area contributed by atoms with E-state index in [2.05, 4.69) is 0 Å². The molecule has 0 bridgehead atoms. The van der Waals surface area contributed by atoms with E-state index in [-0.39, 0.29) is 17.9 Å². The Hall–Kier alpha value is -4.36. The van der Waals surface area contributed by atoms with E-state index >= 15 is 0 Å². The number of ketones is 1. The molecule has 0 saturated heterocycles. The number of carbonyl (C=O) groups is 2. The fourth-order valence-electron chi connectivity index (χ4n) is 4.42. The van der Waals surface area contributed by atoms with Crippen LogP contribution in [-0.4, -0.2) is 28.8 Å². The third-order valence-corrected chi connectivity index (χ3v) is 7.10. The number of amides is 1. The summed E-state index contributed by atoms with van der Waals surface area (Å²) in [5.74, 6) is -0.479. The Labute approximate surface area is 219 Å². The van der Waals surface area contributed by atoms with Crippen LogP contribution in [0.3, 0.4) is 0 Å². The lowest BCUT2D eigenvalue weighted by molar-refractivity contribution is -0.130. The lowest BCUT2D eigenvalue weighted by Gasteiger charge is -2.27. The van der Waals surface area contributed by atoms with Gasteiger partial charge in [0.2, 0.25) is 5.78 Å². The van der Waals surface area contributed by atoms with Crippen LogP contribution >= 0.6 is 11.3 Å². The standard InChI is InChI=1S/C30H25NO5S/c1-35-24-17-22(14-15-23(24)36-19-21-11-6-3-7-12-21)27-26(28(32)25-13-8-16-37-25)29(33)30(34)31(27)18-20-9-4-2-5-10-20/h2-17,27,33H,18-19H2,1H3/t27-/m0/s1. The summed E-state index contributed by atoms with van der Waals surface area (Å²) in [5.41, 5.74) is 2.59. The molecule has 6 nitrogen and oxygen atoms in total. The molecular formula is C30H25NO5S. The zero-order valence-corrected chi connectivity index (χ0v) is 21.0. The van der Waals surface area contributed by atoms with Gasteiger partial charge in [-0.05, 0) is 40.3 Å². The van der Waals surface area contributed by atoms with E-state index in [1.807, 2.05) is 60.7 Å². The normalized spacial score (nSPS) is 15.2. The van der Waals surface area contributed by atoms with Gasteiger partial charge < -0.3 is 19.5 Å². The number of Topliss-reactive ketones (excluding diaryl/α,β-unsaturated/α-hetero) is 1. The number of thiophene rings is 1. The van der Waals surface area contributed by atoms with Crippen molar-refractivity contribution in [3.8, 4) is 11.5 Å². The van der Waals surface area contributed by atoms with Gasteiger partial charge in [-0.15, -0.1) is 11.3 Å². The van der Waals surface area contributed by atoms with Crippen LogP contribution in [0.4, 0.5) is 0 Å². The van der Waals surface area contributed by atoms with Crippen LogP contribution in [0.25, 0.3) is 0 Å². The summed E-state index contributed by atoms with van der Waals surface area (Å²) >= 11 is 1.27. The van der Waals surface area contributed by atoms with Gasteiger partial charge in [0.1, 0.15) is 6.61 Å². The smallest absolute Gasteiger partial charge is 0.290 e. The highest BCUT2D eigenvalue weighted by Crippen LogP contribution is 2.42. The van der Waals surface area contributed by atoms with Crippen molar-refractivity contribution in [3.63, 3.8) is 0 Å². The highest BCUT2D eigenvalue weighted by atomic mass is 32.1. The number of hydrogen-bond acceptors (Lipinski definition) is 6. The Kier molecular flexibility index (Phi) is 7.05. The first-order chi connectivity index (χ1) is 18.1. The van der Waals surface area contributed by atoms with Crippen molar-refractivity contribution in [3.05, 3.63) is 129 Å². The number of nitrogens with zero attached hydrogens (tertiary/aromatic N) is 1. The first kappa shape index (κ1) is 24.3. The molecule has 0 fully saturated rings. The van der Waals surface area contributed by atoms with E-state index in [1.54, 1.807) is 42.8 Å². The highest BCUT2D eigenvalue weighted by molar-refractivity contribution is 7.12. The van der Waals surface area contributed by atoms with E-state index in [4.69, 9.17) is 9.47 Å². The minimum atomic E-state index is -0.792. The summed E-state index contributed by atoms with van der Waals surface area (Å²) in [4.78, 5) is 28.7. The molecule has 0 unspecified atom stereocenters. The maximum absolute atomic E-state index is 13.5. The minimum Gasteiger partial charge on any atom is -0.503 e. The number of ether oxygens (including phenoxy) is 2. The molecule has 1 aromatic heterocycles. The van der Waals surface area contributed by atoms with Crippen molar-refractivity contribution < 1.29 is 24.2 Å². The summed E-state index contributed by atoms with van der Waals surface area (Å²) < 4.78 is 11.6. The van der Waals surface area contributed by atoms with Gasteiger partial charge in [0.05, 0.1) is 23.6 Å². The van der Waals surface area contributed by atoms with Gasteiger partial charge in [0.15, 0.2) is 17.3 Å². The summed E-state index contributed by atoms with van der Waals surface area (Å²) in [5, 5.41) is 12.7. The second-order valence-electron chi connectivity index (χ2n) is 8.57. The van der Waals surface area contributed by atoms with Gasteiger partial charge >= 0.3 is 0 Å². The third kappa shape index (κ3) is 4.99. The number of rotatable bonds is 9. The van der Waals surface area contributed by atoms with E-state index in [9.17, 15) is 14.7 Å². The first-order valence-electron chi connectivity index (χ1n) is 11.8. The molecule has 1 amide bonds. The predicted octanol–water partition coefficient (Wildman–Crippen LogP) is 6.11. The summed E-state index contributed by atoms with van der Waals surface area (Å²) in [6.07, 6.45) is 0. The summed E-state index contributed by atoms with van der Waals surface area (Å²) in [6.45, 7) is 0.589. The molecule has 0 aliphatic carbocycles. The number of aliphatic hydroxyl groups excluding tert-OH is 1. The molecule has 5 rings (SSSR count). The lowest BCUT2D eigenvalue weighted by atomic mass is 9.94. The van der Waals surface area contributed by atoms with Crippen LogP contribution in [0.1, 0.15) is 32.4 Å². The molecule has 1 atom stereocenters.